The molecule has 3 heteroatoms. The number of ether oxygens (including phenoxy) is 1. The molecule has 0 unspecified atom stereocenters. The highest BCUT2D eigenvalue weighted by Gasteiger charge is 2.19. The molecule has 0 radical (unpaired) electrons. The monoisotopic (exact) mass is 359 g/mol. The van der Waals surface area contributed by atoms with Crippen LogP contribution in [0.15, 0.2) is 91.0 Å². The molecule has 0 saturated heterocycles. The molecule has 0 aliphatic rings. The molecule has 0 saturated carbocycles. The van der Waals surface area contributed by atoms with Gasteiger partial charge in [-0.15, -0.1) is 0 Å². The second kappa shape index (κ2) is 10.3. The number of carbonyl (C=O) groups is 1. The zero-order chi connectivity index (χ0) is 18.7. The topological polar surface area (TPSA) is 38.3 Å². The molecule has 3 nitrogen and oxygen atoms in total. The second-order valence-corrected chi connectivity index (χ2v) is 6.54. The fourth-order valence-corrected chi connectivity index (χ4v) is 2.93. The van der Waals surface area contributed by atoms with E-state index >= 15 is 0 Å². The number of benzene rings is 3. The molecule has 0 aromatic heterocycles. The van der Waals surface area contributed by atoms with Crippen molar-refractivity contribution in [3.63, 3.8) is 0 Å². The van der Waals surface area contributed by atoms with E-state index in [1.165, 1.54) is 5.56 Å². The quantitative estimate of drug-likeness (QED) is 0.571. The van der Waals surface area contributed by atoms with Crippen molar-refractivity contribution in [2.45, 2.75) is 32.0 Å². The Labute approximate surface area is 161 Å². The van der Waals surface area contributed by atoms with Gasteiger partial charge in [-0.05, 0) is 29.5 Å². The number of esters is 1. The van der Waals surface area contributed by atoms with Gasteiger partial charge in [0.1, 0.15) is 12.6 Å². The Balaban J connectivity index is 1.59. The third-order valence-corrected chi connectivity index (χ3v) is 4.47. The summed E-state index contributed by atoms with van der Waals surface area (Å²) in [7, 11) is 0. The summed E-state index contributed by atoms with van der Waals surface area (Å²) in [6.45, 7) is 0.940. The van der Waals surface area contributed by atoms with Crippen LogP contribution in [0.2, 0.25) is 0 Å². The minimum absolute atomic E-state index is 0.203. The first-order valence-corrected chi connectivity index (χ1v) is 9.33. The molecule has 0 bridgehead atoms. The van der Waals surface area contributed by atoms with Gasteiger partial charge in [0.2, 0.25) is 0 Å². The largest absolute Gasteiger partial charge is 0.460 e. The number of rotatable bonds is 9. The average molecular weight is 359 g/mol. The van der Waals surface area contributed by atoms with E-state index in [2.05, 4.69) is 29.6 Å². The van der Waals surface area contributed by atoms with Gasteiger partial charge in [-0.2, -0.15) is 0 Å². The van der Waals surface area contributed by atoms with E-state index in [1.807, 2.05) is 66.7 Å². The molecular weight excluding hydrogens is 334 g/mol. The number of aryl methyl sites for hydroxylation is 1. The van der Waals surface area contributed by atoms with E-state index in [0.717, 1.165) is 17.5 Å². The van der Waals surface area contributed by atoms with Crippen molar-refractivity contribution in [3.05, 3.63) is 108 Å². The Morgan fingerprint density at radius 2 is 1.26 bits per heavy atom. The van der Waals surface area contributed by atoms with Gasteiger partial charge in [0.25, 0.3) is 0 Å². The Morgan fingerprint density at radius 1 is 0.741 bits per heavy atom. The van der Waals surface area contributed by atoms with Crippen molar-refractivity contribution in [2.75, 3.05) is 0 Å². The van der Waals surface area contributed by atoms with Gasteiger partial charge < -0.3 is 10.1 Å². The molecule has 0 amide bonds. The smallest absolute Gasteiger partial charge is 0.323 e. The number of hydrogen-bond donors (Lipinski definition) is 1. The average Bonchev–Trinajstić information content (AvgIpc) is 2.74. The summed E-state index contributed by atoms with van der Waals surface area (Å²) in [6.07, 6.45) is 1.53. The zero-order valence-corrected chi connectivity index (χ0v) is 15.4. The molecule has 0 spiro atoms. The van der Waals surface area contributed by atoms with Crippen LogP contribution in [0.1, 0.15) is 23.1 Å². The highest BCUT2D eigenvalue weighted by atomic mass is 16.5. The van der Waals surface area contributed by atoms with E-state index in [-0.39, 0.29) is 12.0 Å². The Bertz CT molecular complexity index is 760. The van der Waals surface area contributed by atoms with Gasteiger partial charge >= 0.3 is 5.97 Å². The van der Waals surface area contributed by atoms with Crippen molar-refractivity contribution in [1.82, 2.24) is 5.32 Å². The predicted octanol–water partition coefficient (Wildman–Crippen LogP) is 4.52. The summed E-state index contributed by atoms with van der Waals surface area (Å²) in [5, 5.41) is 3.37. The normalized spacial score (nSPS) is 11.7. The van der Waals surface area contributed by atoms with Crippen LogP contribution < -0.4 is 5.32 Å². The minimum atomic E-state index is -0.339. The van der Waals surface area contributed by atoms with Gasteiger partial charge in [-0.1, -0.05) is 91.0 Å². The Morgan fingerprint density at radius 3 is 1.85 bits per heavy atom. The van der Waals surface area contributed by atoms with Crippen LogP contribution in [0.5, 0.6) is 0 Å². The van der Waals surface area contributed by atoms with Crippen LogP contribution in [-0.2, 0) is 29.1 Å². The Hall–Kier alpha value is -2.91. The van der Waals surface area contributed by atoms with E-state index < -0.39 is 0 Å². The first-order chi connectivity index (χ1) is 13.3. The summed E-state index contributed by atoms with van der Waals surface area (Å²) in [6, 6.07) is 29.8. The lowest BCUT2D eigenvalue weighted by molar-refractivity contribution is -0.147. The fraction of sp³-hybridized carbons (Fsp3) is 0.208. The molecule has 138 valence electrons. The lowest BCUT2D eigenvalue weighted by Crippen LogP contribution is -2.38. The van der Waals surface area contributed by atoms with Crippen LogP contribution in [-0.4, -0.2) is 12.0 Å². The maximum atomic E-state index is 12.7. The number of carbonyl (C=O) groups excluding carboxylic acids is 1. The molecular formula is C24H25NO2. The van der Waals surface area contributed by atoms with E-state index in [9.17, 15) is 4.79 Å². The lowest BCUT2D eigenvalue weighted by atomic mass is 10.0. The van der Waals surface area contributed by atoms with Crippen molar-refractivity contribution in [1.29, 1.82) is 0 Å². The molecule has 3 rings (SSSR count). The van der Waals surface area contributed by atoms with Crippen LogP contribution in [0.25, 0.3) is 0 Å². The maximum Gasteiger partial charge on any atom is 0.323 e. The molecule has 1 N–H and O–H groups in total. The molecule has 0 aliphatic carbocycles. The van der Waals surface area contributed by atoms with Crippen LogP contribution in [0.3, 0.4) is 0 Å². The van der Waals surface area contributed by atoms with Gasteiger partial charge in [0.15, 0.2) is 0 Å². The Kier molecular flexibility index (Phi) is 7.19. The first-order valence-electron chi connectivity index (χ1n) is 9.33. The van der Waals surface area contributed by atoms with Crippen molar-refractivity contribution >= 4 is 5.97 Å². The summed E-state index contributed by atoms with van der Waals surface area (Å²) in [5.74, 6) is -0.203. The predicted molar refractivity (Wildman–Crippen MR) is 108 cm³/mol. The third kappa shape index (κ3) is 6.39. The molecule has 0 aliphatic heterocycles. The van der Waals surface area contributed by atoms with E-state index in [1.54, 1.807) is 0 Å². The van der Waals surface area contributed by atoms with E-state index in [0.29, 0.717) is 19.6 Å². The number of nitrogens with one attached hydrogen (secondary N) is 1. The van der Waals surface area contributed by atoms with Crippen molar-refractivity contribution in [2.24, 2.45) is 0 Å². The molecule has 3 aromatic carbocycles. The molecule has 1 atom stereocenters. The lowest BCUT2D eigenvalue weighted by Gasteiger charge is -2.18. The van der Waals surface area contributed by atoms with Gasteiger partial charge in [0, 0.05) is 6.54 Å². The summed E-state index contributed by atoms with van der Waals surface area (Å²) in [4.78, 5) is 12.7. The first kappa shape index (κ1) is 18.9. The second-order valence-electron chi connectivity index (χ2n) is 6.54. The summed E-state index contributed by atoms with van der Waals surface area (Å²) < 4.78 is 5.57. The maximum absolute atomic E-state index is 12.7. The van der Waals surface area contributed by atoms with Crippen molar-refractivity contribution in [3.8, 4) is 0 Å². The van der Waals surface area contributed by atoms with Gasteiger partial charge in [0.05, 0.1) is 0 Å². The van der Waals surface area contributed by atoms with E-state index in [4.69, 9.17) is 4.74 Å². The molecule has 3 aromatic rings. The molecule has 0 fully saturated rings. The SMILES string of the molecule is O=C(OCc1ccccc1)[C@H](CCc1ccccc1)NCc1ccccc1. The van der Waals surface area contributed by atoms with Gasteiger partial charge in [-0.3, -0.25) is 4.79 Å². The van der Waals surface area contributed by atoms with Gasteiger partial charge in [-0.25, -0.2) is 0 Å². The molecule has 0 heterocycles. The standard InChI is InChI=1S/C24H25NO2/c26-24(27-19-22-14-8-3-9-15-22)23(17-16-20-10-4-1-5-11-20)25-18-21-12-6-2-7-13-21/h1-15,23,25H,16-19H2/t23-/m0/s1. The molecule has 27 heavy (non-hydrogen) atoms. The van der Waals surface area contributed by atoms with Crippen molar-refractivity contribution < 1.29 is 9.53 Å². The van der Waals surface area contributed by atoms with Crippen LogP contribution in [0.4, 0.5) is 0 Å². The minimum Gasteiger partial charge on any atom is -0.460 e. The van der Waals surface area contributed by atoms with Crippen LogP contribution in [0, 0.1) is 0 Å². The highest BCUT2D eigenvalue weighted by molar-refractivity contribution is 5.75. The number of hydrogen-bond acceptors (Lipinski definition) is 3. The summed E-state index contributed by atoms with van der Waals surface area (Å²) in [5.41, 5.74) is 3.37. The van der Waals surface area contributed by atoms with Crippen LogP contribution >= 0.6 is 0 Å². The summed E-state index contributed by atoms with van der Waals surface area (Å²) >= 11 is 0. The highest BCUT2D eigenvalue weighted by Crippen LogP contribution is 2.09. The zero-order valence-electron chi connectivity index (χ0n) is 15.4. The fourth-order valence-electron chi connectivity index (χ4n) is 2.93. The third-order valence-electron chi connectivity index (χ3n) is 4.47.